The van der Waals surface area contributed by atoms with Crippen LogP contribution in [0.1, 0.15) is 11.3 Å². The van der Waals surface area contributed by atoms with Crippen molar-refractivity contribution in [2.75, 3.05) is 4.72 Å². The van der Waals surface area contributed by atoms with E-state index < -0.39 is 10.0 Å². The van der Waals surface area contributed by atoms with Crippen molar-refractivity contribution in [1.29, 1.82) is 0 Å². The van der Waals surface area contributed by atoms with E-state index in [1.54, 1.807) is 19.1 Å². The Labute approximate surface area is 136 Å². The molecule has 0 atom stereocenters. The number of pyridine rings is 1. The monoisotopic (exact) mass is 385 g/mol. The van der Waals surface area contributed by atoms with E-state index >= 15 is 0 Å². The second-order valence-electron chi connectivity index (χ2n) is 4.28. The maximum Gasteiger partial charge on any atom is 0.264 e. The highest BCUT2D eigenvalue weighted by molar-refractivity contribution is 9.10. The molecule has 0 saturated carbocycles. The van der Waals surface area contributed by atoms with Crippen molar-refractivity contribution in [3.8, 4) is 0 Å². The summed E-state index contributed by atoms with van der Waals surface area (Å²) in [7, 11) is -3.82. The van der Waals surface area contributed by atoms with Gasteiger partial charge < -0.3 is 5.73 Å². The molecule has 0 bridgehead atoms. The molecule has 21 heavy (non-hydrogen) atoms. The number of halogens is 1. The van der Waals surface area contributed by atoms with Gasteiger partial charge in [0.25, 0.3) is 10.0 Å². The SMILES string of the molecule is Cc1cc(Br)ccc1NS(=O)(=O)c1cccnc1C(N)=S. The van der Waals surface area contributed by atoms with Crippen LogP contribution in [0.15, 0.2) is 45.9 Å². The molecular formula is C13H12BrN3O2S2. The number of benzene rings is 1. The molecule has 2 aromatic rings. The molecule has 1 aromatic heterocycles. The molecule has 2 rings (SSSR count). The molecule has 110 valence electrons. The van der Waals surface area contributed by atoms with Crippen molar-refractivity contribution in [1.82, 2.24) is 4.98 Å². The first-order chi connectivity index (χ1) is 9.81. The predicted molar refractivity (Wildman–Crippen MR) is 89.8 cm³/mol. The second-order valence-corrected chi connectivity index (χ2v) is 7.29. The van der Waals surface area contributed by atoms with Crippen molar-refractivity contribution >= 4 is 48.8 Å². The van der Waals surface area contributed by atoms with Crippen molar-refractivity contribution in [2.24, 2.45) is 5.73 Å². The number of thiocarbonyl (C=S) groups is 1. The van der Waals surface area contributed by atoms with Gasteiger partial charge in [-0.2, -0.15) is 0 Å². The van der Waals surface area contributed by atoms with E-state index in [-0.39, 0.29) is 15.6 Å². The quantitative estimate of drug-likeness (QED) is 0.789. The molecule has 0 amide bonds. The number of rotatable bonds is 4. The number of sulfonamides is 1. The largest absolute Gasteiger partial charge is 0.388 e. The maximum atomic E-state index is 12.5. The van der Waals surface area contributed by atoms with Crippen LogP contribution in [0.4, 0.5) is 5.69 Å². The molecule has 0 unspecified atom stereocenters. The van der Waals surface area contributed by atoms with Gasteiger partial charge in [0.05, 0.1) is 5.69 Å². The van der Waals surface area contributed by atoms with Gasteiger partial charge in [-0.3, -0.25) is 9.71 Å². The van der Waals surface area contributed by atoms with Gasteiger partial charge in [-0.1, -0.05) is 28.1 Å². The summed E-state index contributed by atoms with van der Waals surface area (Å²) < 4.78 is 28.4. The van der Waals surface area contributed by atoms with Gasteiger partial charge in [0.15, 0.2) is 0 Å². The van der Waals surface area contributed by atoms with E-state index in [9.17, 15) is 8.42 Å². The molecule has 0 radical (unpaired) electrons. The third kappa shape index (κ3) is 3.58. The molecular weight excluding hydrogens is 374 g/mol. The van der Waals surface area contributed by atoms with Gasteiger partial charge in [0.2, 0.25) is 0 Å². The minimum absolute atomic E-state index is 0.0418. The number of nitrogens with two attached hydrogens (primary N) is 1. The summed E-state index contributed by atoms with van der Waals surface area (Å²) in [5.41, 5.74) is 6.87. The van der Waals surface area contributed by atoms with Crippen molar-refractivity contribution < 1.29 is 8.42 Å². The predicted octanol–water partition coefficient (Wildman–Crippen LogP) is 2.59. The fourth-order valence-corrected chi connectivity index (χ4v) is 3.74. The highest BCUT2D eigenvalue weighted by Crippen LogP contribution is 2.24. The van der Waals surface area contributed by atoms with E-state index in [4.69, 9.17) is 18.0 Å². The van der Waals surface area contributed by atoms with Crippen LogP contribution in [-0.4, -0.2) is 18.4 Å². The fourth-order valence-electron chi connectivity index (χ4n) is 1.73. The molecule has 0 saturated heterocycles. The number of anilines is 1. The molecule has 5 nitrogen and oxygen atoms in total. The van der Waals surface area contributed by atoms with E-state index in [0.29, 0.717) is 5.69 Å². The van der Waals surface area contributed by atoms with Crippen LogP contribution in [0, 0.1) is 6.92 Å². The summed E-state index contributed by atoms with van der Waals surface area (Å²) in [6.45, 7) is 1.81. The first-order valence-corrected chi connectivity index (χ1v) is 8.53. The van der Waals surface area contributed by atoms with Crippen molar-refractivity contribution in [2.45, 2.75) is 11.8 Å². The lowest BCUT2D eigenvalue weighted by Gasteiger charge is -2.12. The van der Waals surface area contributed by atoms with Gasteiger partial charge >= 0.3 is 0 Å². The average Bonchev–Trinajstić information content (AvgIpc) is 2.42. The highest BCUT2D eigenvalue weighted by atomic mass is 79.9. The Morgan fingerprint density at radius 3 is 2.71 bits per heavy atom. The fraction of sp³-hybridized carbons (Fsp3) is 0.0769. The Hall–Kier alpha value is -1.51. The lowest BCUT2D eigenvalue weighted by molar-refractivity contribution is 0.600. The lowest BCUT2D eigenvalue weighted by Crippen LogP contribution is -2.21. The number of hydrogen-bond acceptors (Lipinski definition) is 4. The summed E-state index contributed by atoms with van der Waals surface area (Å²) in [6, 6.07) is 8.18. The van der Waals surface area contributed by atoms with Gasteiger partial charge in [0.1, 0.15) is 15.6 Å². The van der Waals surface area contributed by atoms with Gasteiger partial charge in [-0.15, -0.1) is 0 Å². The van der Waals surface area contributed by atoms with Crippen LogP contribution in [0.2, 0.25) is 0 Å². The number of nitrogens with one attached hydrogen (secondary N) is 1. The molecule has 0 aliphatic rings. The lowest BCUT2D eigenvalue weighted by atomic mass is 10.2. The molecule has 0 aliphatic heterocycles. The molecule has 0 spiro atoms. The Morgan fingerprint density at radius 2 is 2.10 bits per heavy atom. The smallest absolute Gasteiger partial charge is 0.264 e. The summed E-state index contributed by atoms with van der Waals surface area (Å²) in [4.78, 5) is 3.82. The van der Waals surface area contributed by atoms with Crippen LogP contribution in [-0.2, 0) is 10.0 Å². The number of hydrogen-bond donors (Lipinski definition) is 2. The Bertz CT molecular complexity index is 807. The Kier molecular flexibility index (Phi) is 4.60. The summed E-state index contributed by atoms with van der Waals surface area (Å²) in [5, 5.41) is 0. The molecule has 3 N–H and O–H groups in total. The Balaban J connectivity index is 2.46. The topological polar surface area (TPSA) is 85.1 Å². The van der Waals surface area contributed by atoms with E-state index in [2.05, 4.69) is 25.6 Å². The average molecular weight is 386 g/mol. The molecule has 1 heterocycles. The zero-order chi connectivity index (χ0) is 15.6. The molecule has 0 fully saturated rings. The van der Waals surface area contributed by atoms with E-state index in [0.717, 1.165) is 10.0 Å². The summed E-state index contributed by atoms with van der Waals surface area (Å²) >= 11 is 8.17. The normalized spacial score (nSPS) is 11.1. The number of aryl methyl sites for hydroxylation is 1. The third-order valence-corrected chi connectivity index (χ3v) is 4.81. The maximum absolute atomic E-state index is 12.5. The minimum Gasteiger partial charge on any atom is -0.388 e. The van der Waals surface area contributed by atoms with Crippen LogP contribution in [0.25, 0.3) is 0 Å². The summed E-state index contributed by atoms with van der Waals surface area (Å²) in [5.74, 6) is 0. The third-order valence-electron chi connectivity index (χ3n) is 2.73. The van der Waals surface area contributed by atoms with E-state index in [1.807, 2.05) is 6.07 Å². The minimum atomic E-state index is -3.82. The zero-order valence-corrected chi connectivity index (χ0v) is 14.2. The highest BCUT2D eigenvalue weighted by Gasteiger charge is 2.21. The van der Waals surface area contributed by atoms with Crippen LogP contribution in [0.5, 0.6) is 0 Å². The van der Waals surface area contributed by atoms with Crippen LogP contribution < -0.4 is 10.5 Å². The van der Waals surface area contributed by atoms with Crippen LogP contribution in [0.3, 0.4) is 0 Å². The van der Waals surface area contributed by atoms with Gasteiger partial charge in [-0.25, -0.2) is 8.42 Å². The van der Waals surface area contributed by atoms with Gasteiger partial charge in [-0.05, 0) is 42.8 Å². The summed E-state index contributed by atoms with van der Waals surface area (Å²) in [6.07, 6.45) is 1.44. The van der Waals surface area contributed by atoms with Gasteiger partial charge in [0, 0.05) is 10.7 Å². The zero-order valence-electron chi connectivity index (χ0n) is 11.0. The van der Waals surface area contributed by atoms with E-state index in [1.165, 1.54) is 18.3 Å². The first kappa shape index (κ1) is 15.9. The number of aromatic nitrogens is 1. The standard InChI is InChI=1S/C13H12BrN3O2S2/c1-8-7-9(14)4-5-10(8)17-21(18,19)11-3-2-6-16-12(11)13(15)20/h2-7,17H,1H3,(H2,15,20). The number of nitrogens with zero attached hydrogens (tertiary/aromatic N) is 1. The molecule has 8 heteroatoms. The van der Waals surface area contributed by atoms with Crippen LogP contribution >= 0.6 is 28.1 Å². The first-order valence-electron chi connectivity index (χ1n) is 5.85. The van der Waals surface area contributed by atoms with Crippen molar-refractivity contribution in [3.05, 3.63) is 52.3 Å². The Morgan fingerprint density at radius 1 is 1.38 bits per heavy atom. The second kappa shape index (κ2) is 6.08. The molecule has 1 aromatic carbocycles. The molecule has 0 aliphatic carbocycles. The van der Waals surface area contributed by atoms with Crippen molar-refractivity contribution in [3.63, 3.8) is 0 Å².